The average Bonchev–Trinajstić information content (AvgIpc) is 2.62. The van der Waals surface area contributed by atoms with E-state index in [9.17, 15) is 0 Å². The van der Waals surface area contributed by atoms with Crippen LogP contribution in [0.4, 0.5) is 0 Å². The van der Waals surface area contributed by atoms with Gasteiger partial charge in [0.25, 0.3) is 0 Å². The standard InChI is InChI=1S/C10H16O/c1-7(11-2)10-6-8-3-4-9(10)5-8/h8-10H,1,3-6H2,2H3/t8-,9+,10+/m1/s1. The van der Waals surface area contributed by atoms with Gasteiger partial charge >= 0.3 is 0 Å². The van der Waals surface area contributed by atoms with E-state index in [4.69, 9.17) is 4.74 Å². The normalized spacial score (nSPS) is 41.0. The van der Waals surface area contributed by atoms with Crippen molar-refractivity contribution in [2.24, 2.45) is 17.8 Å². The van der Waals surface area contributed by atoms with Crippen molar-refractivity contribution in [2.75, 3.05) is 7.11 Å². The molecule has 2 saturated carbocycles. The SMILES string of the molecule is C=C(OC)[C@@H]1C[C@@H]2CC[C@H]1C2. The molecule has 0 aliphatic heterocycles. The van der Waals surface area contributed by atoms with Crippen molar-refractivity contribution in [1.82, 2.24) is 0 Å². The lowest BCUT2D eigenvalue weighted by atomic mass is 9.88. The molecule has 0 aromatic rings. The number of ether oxygens (including phenoxy) is 1. The largest absolute Gasteiger partial charge is 0.501 e. The minimum atomic E-state index is 0.693. The molecule has 1 heteroatoms. The third kappa shape index (κ3) is 1.07. The number of hydrogen-bond acceptors (Lipinski definition) is 1. The lowest BCUT2D eigenvalue weighted by Crippen LogP contribution is -2.13. The smallest absolute Gasteiger partial charge is 0.0917 e. The zero-order valence-electron chi connectivity index (χ0n) is 7.18. The van der Waals surface area contributed by atoms with E-state index in [-0.39, 0.29) is 0 Å². The van der Waals surface area contributed by atoms with Gasteiger partial charge in [0.15, 0.2) is 0 Å². The summed E-state index contributed by atoms with van der Waals surface area (Å²) >= 11 is 0. The minimum absolute atomic E-state index is 0.693. The topological polar surface area (TPSA) is 9.23 Å². The first-order chi connectivity index (χ1) is 5.31. The van der Waals surface area contributed by atoms with Gasteiger partial charge in [0.05, 0.1) is 12.9 Å². The summed E-state index contributed by atoms with van der Waals surface area (Å²) in [6.45, 7) is 3.95. The van der Waals surface area contributed by atoms with E-state index in [1.807, 2.05) is 0 Å². The third-order valence-electron chi connectivity index (χ3n) is 3.41. The van der Waals surface area contributed by atoms with Gasteiger partial charge in [0.1, 0.15) is 0 Å². The third-order valence-corrected chi connectivity index (χ3v) is 3.41. The first-order valence-electron chi connectivity index (χ1n) is 4.54. The Kier molecular flexibility index (Phi) is 1.67. The second-order valence-electron chi connectivity index (χ2n) is 3.95. The lowest BCUT2D eigenvalue weighted by Gasteiger charge is -2.22. The van der Waals surface area contributed by atoms with Crippen LogP contribution in [0.25, 0.3) is 0 Å². The molecule has 2 rings (SSSR count). The first-order valence-corrected chi connectivity index (χ1v) is 4.54. The van der Waals surface area contributed by atoms with Crippen molar-refractivity contribution in [2.45, 2.75) is 25.7 Å². The highest BCUT2D eigenvalue weighted by molar-refractivity contribution is 5.03. The summed E-state index contributed by atoms with van der Waals surface area (Å²) in [6.07, 6.45) is 5.65. The molecule has 0 heterocycles. The molecule has 0 N–H and O–H groups in total. The summed E-state index contributed by atoms with van der Waals surface area (Å²) in [5, 5.41) is 0. The molecular formula is C10H16O. The van der Waals surface area contributed by atoms with Crippen molar-refractivity contribution in [3.8, 4) is 0 Å². The predicted octanol–water partition coefficient (Wildman–Crippen LogP) is 2.58. The van der Waals surface area contributed by atoms with Crippen molar-refractivity contribution in [3.63, 3.8) is 0 Å². The highest BCUT2D eigenvalue weighted by atomic mass is 16.5. The molecule has 2 bridgehead atoms. The lowest BCUT2D eigenvalue weighted by molar-refractivity contribution is 0.205. The van der Waals surface area contributed by atoms with Gasteiger partial charge in [-0.25, -0.2) is 0 Å². The van der Waals surface area contributed by atoms with Gasteiger partial charge in [-0.15, -0.1) is 0 Å². The number of hydrogen-bond donors (Lipinski definition) is 0. The number of allylic oxidation sites excluding steroid dienone is 1. The Morgan fingerprint density at radius 2 is 2.18 bits per heavy atom. The van der Waals surface area contributed by atoms with Crippen LogP contribution < -0.4 is 0 Å². The fourth-order valence-corrected chi connectivity index (χ4v) is 2.79. The van der Waals surface area contributed by atoms with Crippen molar-refractivity contribution in [1.29, 1.82) is 0 Å². The molecule has 2 fully saturated rings. The minimum Gasteiger partial charge on any atom is -0.501 e. The fourth-order valence-electron chi connectivity index (χ4n) is 2.79. The summed E-state index contributed by atoms with van der Waals surface area (Å²) in [4.78, 5) is 0. The van der Waals surface area contributed by atoms with Crippen molar-refractivity contribution < 1.29 is 4.74 Å². The highest BCUT2D eigenvalue weighted by Gasteiger charge is 2.41. The van der Waals surface area contributed by atoms with Crippen LogP contribution in [0, 0.1) is 17.8 Å². The Hall–Kier alpha value is -0.460. The fraction of sp³-hybridized carbons (Fsp3) is 0.800. The van der Waals surface area contributed by atoms with Gasteiger partial charge in [0, 0.05) is 5.92 Å². The van der Waals surface area contributed by atoms with Crippen LogP contribution >= 0.6 is 0 Å². The second kappa shape index (κ2) is 2.54. The van der Waals surface area contributed by atoms with Crippen LogP contribution in [-0.2, 0) is 4.74 Å². The summed E-state index contributed by atoms with van der Waals surface area (Å²) < 4.78 is 5.19. The van der Waals surface area contributed by atoms with Crippen LogP contribution in [0.5, 0.6) is 0 Å². The average molecular weight is 152 g/mol. The maximum Gasteiger partial charge on any atom is 0.0917 e. The molecule has 3 atom stereocenters. The van der Waals surface area contributed by atoms with Gasteiger partial charge in [-0.2, -0.15) is 0 Å². The van der Waals surface area contributed by atoms with Crippen LogP contribution in [-0.4, -0.2) is 7.11 Å². The van der Waals surface area contributed by atoms with E-state index in [1.165, 1.54) is 25.7 Å². The van der Waals surface area contributed by atoms with Crippen molar-refractivity contribution >= 4 is 0 Å². The van der Waals surface area contributed by atoms with Crippen LogP contribution in [0.15, 0.2) is 12.3 Å². The second-order valence-corrected chi connectivity index (χ2v) is 3.95. The molecule has 11 heavy (non-hydrogen) atoms. The predicted molar refractivity (Wildman–Crippen MR) is 45.1 cm³/mol. The molecule has 2 aliphatic carbocycles. The van der Waals surface area contributed by atoms with Gasteiger partial charge < -0.3 is 4.74 Å². The molecule has 0 saturated heterocycles. The molecular weight excluding hydrogens is 136 g/mol. The molecule has 0 aromatic carbocycles. The van der Waals surface area contributed by atoms with Gasteiger partial charge in [-0.1, -0.05) is 13.0 Å². The van der Waals surface area contributed by atoms with Crippen LogP contribution in [0.2, 0.25) is 0 Å². The number of fused-ring (bicyclic) bond motifs is 2. The summed E-state index contributed by atoms with van der Waals surface area (Å²) in [5.74, 6) is 3.63. The zero-order chi connectivity index (χ0) is 7.84. The van der Waals surface area contributed by atoms with Gasteiger partial charge in [-0.3, -0.25) is 0 Å². The summed E-state index contributed by atoms with van der Waals surface area (Å²) in [7, 11) is 1.74. The quantitative estimate of drug-likeness (QED) is 0.553. The van der Waals surface area contributed by atoms with Crippen molar-refractivity contribution in [3.05, 3.63) is 12.3 Å². The summed E-state index contributed by atoms with van der Waals surface area (Å²) in [6, 6.07) is 0. The molecule has 0 spiro atoms. The molecule has 1 nitrogen and oxygen atoms in total. The monoisotopic (exact) mass is 152 g/mol. The maximum atomic E-state index is 5.19. The first kappa shape index (κ1) is 7.20. The Bertz CT molecular complexity index is 174. The number of methoxy groups -OCH3 is 1. The molecule has 0 aromatic heterocycles. The van der Waals surface area contributed by atoms with E-state index in [2.05, 4.69) is 6.58 Å². The van der Waals surface area contributed by atoms with E-state index >= 15 is 0 Å². The van der Waals surface area contributed by atoms with E-state index in [0.29, 0.717) is 5.92 Å². The highest BCUT2D eigenvalue weighted by Crippen LogP contribution is 2.50. The Morgan fingerprint density at radius 1 is 1.36 bits per heavy atom. The zero-order valence-corrected chi connectivity index (χ0v) is 7.18. The summed E-state index contributed by atoms with van der Waals surface area (Å²) in [5.41, 5.74) is 0. The Morgan fingerprint density at radius 3 is 2.64 bits per heavy atom. The van der Waals surface area contributed by atoms with Crippen LogP contribution in [0.1, 0.15) is 25.7 Å². The molecule has 0 unspecified atom stereocenters. The van der Waals surface area contributed by atoms with Gasteiger partial charge in [-0.05, 0) is 31.1 Å². The van der Waals surface area contributed by atoms with E-state index in [0.717, 1.165) is 17.6 Å². The van der Waals surface area contributed by atoms with Gasteiger partial charge in [0.2, 0.25) is 0 Å². The molecule has 0 radical (unpaired) electrons. The maximum absolute atomic E-state index is 5.19. The Balaban J connectivity index is 2.02. The molecule has 0 amide bonds. The van der Waals surface area contributed by atoms with E-state index in [1.54, 1.807) is 7.11 Å². The van der Waals surface area contributed by atoms with E-state index < -0.39 is 0 Å². The molecule has 2 aliphatic rings. The molecule has 62 valence electrons. The number of rotatable bonds is 2. The Labute approximate surface area is 68.4 Å². The van der Waals surface area contributed by atoms with Crippen LogP contribution in [0.3, 0.4) is 0 Å².